The van der Waals surface area contributed by atoms with Gasteiger partial charge in [-0.25, -0.2) is 9.59 Å². The van der Waals surface area contributed by atoms with Gasteiger partial charge in [0.25, 0.3) is 0 Å². The van der Waals surface area contributed by atoms with Crippen LogP contribution >= 0.6 is 11.6 Å². The summed E-state index contributed by atoms with van der Waals surface area (Å²) in [6.45, 7) is 5.77. The molecule has 1 N–H and O–H groups in total. The van der Waals surface area contributed by atoms with Gasteiger partial charge in [0, 0.05) is 17.0 Å². The molecule has 0 radical (unpaired) electrons. The van der Waals surface area contributed by atoms with E-state index in [2.05, 4.69) is 5.32 Å². The number of hydrogen-bond acceptors (Lipinski definition) is 5. The molecule has 212 valence electrons. The molecule has 1 atom stereocenters. The second-order valence-corrected chi connectivity index (χ2v) is 11.0. The van der Waals surface area contributed by atoms with Crippen molar-refractivity contribution < 1.29 is 23.8 Å². The number of esters is 1. The van der Waals surface area contributed by atoms with Gasteiger partial charge in [0.1, 0.15) is 30.6 Å². The first kappa shape index (κ1) is 29.7. The number of rotatable bonds is 10. The van der Waals surface area contributed by atoms with E-state index in [1.165, 1.54) is 0 Å². The maximum absolute atomic E-state index is 13.2. The maximum atomic E-state index is 13.2. The van der Waals surface area contributed by atoms with Gasteiger partial charge in [0.05, 0.1) is 0 Å². The van der Waals surface area contributed by atoms with Crippen LogP contribution in [0.4, 0.5) is 4.79 Å². The van der Waals surface area contributed by atoms with Crippen LogP contribution in [0, 0.1) is 0 Å². The van der Waals surface area contributed by atoms with Crippen molar-refractivity contribution in [2.24, 2.45) is 0 Å². The summed E-state index contributed by atoms with van der Waals surface area (Å²) in [5.41, 5.74) is 3.64. The van der Waals surface area contributed by atoms with Gasteiger partial charge in [-0.1, -0.05) is 90.5 Å². The Balaban J connectivity index is 1.59. The van der Waals surface area contributed by atoms with Crippen LogP contribution in [0.25, 0.3) is 11.1 Å². The van der Waals surface area contributed by atoms with E-state index in [4.69, 9.17) is 25.8 Å². The van der Waals surface area contributed by atoms with Crippen molar-refractivity contribution in [2.45, 2.75) is 52.0 Å². The molecule has 1 amide bonds. The Kier molecular flexibility index (Phi) is 10.0. The lowest BCUT2D eigenvalue weighted by Gasteiger charge is -2.23. The number of carbonyl (C=O) groups excluding carboxylic acids is 2. The van der Waals surface area contributed by atoms with E-state index >= 15 is 0 Å². The summed E-state index contributed by atoms with van der Waals surface area (Å²) in [7, 11) is 0. The van der Waals surface area contributed by atoms with Gasteiger partial charge in [-0.15, -0.1) is 0 Å². The van der Waals surface area contributed by atoms with Gasteiger partial charge in [0.15, 0.2) is 0 Å². The average molecular weight is 572 g/mol. The van der Waals surface area contributed by atoms with Crippen molar-refractivity contribution in [1.29, 1.82) is 0 Å². The molecule has 4 aromatic rings. The van der Waals surface area contributed by atoms with Crippen molar-refractivity contribution in [3.05, 3.63) is 125 Å². The molecule has 7 heteroatoms. The van der Waals surface area contributed by atoms with E-state index in [-0.39, 0.29) is 13.0 Å². The smallest absolute Gasteiger partial charge is 0.408 e. The molecule has 4 rings (SSSR count). The lowest BCUT2D eigenvalue weighted by Crippen LogP contribution is -2.45. The third kappa shape index (κ3) is 9.40. The predicted octanol–water partition coefficient (Wildman–Crippen LogP) is 7.77. The molecule has 0 unspecified atom stereocenters. The zero-order valence-electron chi connectivity index (χ0n) is 23.4. The number of ether oxygens (including phenoxy) is 3. The summed E-state index contributed by atoms with van der Waals surface area (Å²) in [5.74, 6) is 0.108. The second kappa shape index (κ2) is 13.9. The van der Waals surface area contributed by atoms with Crippen LogP contribution in [-0.2, 0) is 33.9 Å². The Hall–Kier alpha value is -4.29. The second-order valence-electron chi connectivity index (χ2n) is 10.6. The SMILES string of the molecule is CC(C)(C)OC(=O)N[C@@H](Cc1ccc(OCc2ccccc2)c(-c2cccc(Cl)c2)c1)C(=O)OCc1ccccc1. The minimum absolute atomic E-state index is 0.0895. The molecule has 0 aromatic heterocycles. The van der Waals surface area contributed by atoms with Crippen molar-refractivity contribution in [3.8, 4) is 16.9 Å². The van der Waals surface area contributed by atoms with Crippen LogP contribution in [0.15, 0.2) is 103 Å². The third-order valence-corrected chi connectivity index (χ3v) is 6.29. The van der Waals surface area contributed by atoms with Gasteiger partial charge in [-0.05, 0) is 67.3 Å². The molecule has 41 heavy (non-hydrogen) atoms. The summed E-state index contributed by atoms with van der Waals surface area (Å²) in [4.78, 5) is 25.9. The maximum Gasteiger partial charge on any atom is 0.408 e. The Morgan fingerprint density at radius 1 is 0.780 bits per heavy atom. The van der Waals surface area contributed by atoms with Crippen molar-refractivity contribution >= 4 is 23.7 Å². The number of alkyl carbamates (subject to hydrolysis) is 1. The Morgan fingerprint density at radius 2 is 1.44 bits per heavy atom. The van der Waals surface area contributed by atoms with Gasteiger partial charge in [-0.2, -0.15) is 0 Å². The fourth-order valence-electron chi connectivity index (χ4n) is 4.15. The highest BCUT2D eigenvalue weighted by atomic mass is 35.5. The van der Waals surface area contributed by atoms with E-state index in [1.807, 2.05) is 103 Å². The first-order valence-electron chi connectivity index (χ1n) is 13.4. The molecule has 0 saturated carbocycles. The number of carbonyl (C=O) groups is 2. The summed E-state index contributed by atoms with van der Waals surface area (Å²) in [6, 6.07) is 31.5. The Bertz CT molecular complexity index is 1450. The predicted molar refractivity (Wildman–Crippen MR) is 161 cm³/mol. The highest BCUT2D eigenvalue weighted by Crippen LogP contribution is 2.33. The van der Waals surface area contributed by atoms with Crippen molar-refractivity contribution in [2.75, 3.05) is 0 Å². The minimum Gasteiger partial charge on any atom is -0.488 e. The molecule has 0 aliphatic carbocycles. The normalized spacial score (nSPS) is 11.8. The van der Waals surface area contributed by atoms with E-state index in [9.17, 15) is 9.59 Å². The molecule has 0 spiro atoms. The Labute approximate surface area is 246 Å². The highest BCUT2D eigenvalue weighted by Gasteiger charge is 2.26. The molecule has 0 saturated heterocycles. The molecule has 0 aliphatic heterocycles. The third-order valence-electron chi connectivity index (χ3n) is 6.06. The van der Waals surface area contributed by atoms with E-state index in [1.54, 1.807) is 20.8 Å². The standard InChI is InChI=1S/C34H34ClNO5/c1-34(2,3)41-33(38)36-30(32(37)40-23-25-13-8-5-9-14-25)20-26-17-18-31(39-22-24-11-6-4-7-12-24)29(19-26)27-15-10-16-28(35)21-27/h4-19,21,30H,20,22-23H2,1-3H3,(H,36,38)/t30-/m0/s1. The van der Waals surface area contributed by atoms with Gasteiger partial charge in [0.2, 0.25) is 0 Å². The first-order valence-corrected chi connectivity index (χ1v) is 13.8. The monoisotopic (exact) mass is 571 g/mol. The zero-order valence-corrected chi connectivity index (χ0v) is 24.2. The highest BCUT2D eigenvalue weighted by molar-refractivity contribution is 6.30. The number of nitrogens with one attached hydrogen (secondary N) is 1. The minimum atomic E-state index is -0.975. The molecular formula is C34H34ClNO5. The molecule has 4 aromatic carbocycles. The van der Waals surface area contributed by atoms with E-state index in [0.717, 1.165) is 27.8 Å². The van der Waals surface area contributed by atoms with Crippen LogP contribution in [-0.4, -0.2) is 23.7 Å². The van der Waals surface area contributed by atoms with Crippen LogP contribution in [0.5, 0.6) is 5.75 Å². The van der Waals surface area contributed by atoms with Gasteiger partial charge < -0.3 is 19.5 Å². The topological polar surface area (TPSA) is 73.9 Å². The molecule has 0 heterocycles. The van der Waals surface area contributed by atoms with Crippen molar-refractivity contribution in [1.82, 2.24) is 5.32 Å². The number of benzene rings is 4. The fraction of sp³-hybridized carbons (Fsp3) is 0.235. The zero-order chi connectivity index (χ0) is 29.2. The summed E-state index contributed by atoms with van der Waals surface area (Å²) >= 11 is 6.32. The molecule has 0 aliphatic rings. The average Bonchev–Trinajstić information content (AvgIpc) is 2.95. The van der Waals surface area contributed by atoms with Gasteiger partial charge in [-0.3, -0.25) is 0 Å². The van der Waals surface area contributed by atoms with Crippen LogP contribution in [0.1, 0.15) is 37.5 Å². The first-order chi connectivity index (χ1) is 19.7. The number of halogens is 1. The summed E-state index contributed by atoms with van der Waals surface area (Å²) in [6.07, 6.45) is -0.517. The molecule has 6 nitrogen and oxygen atoms in total. The lowest BCUT2D eigenvalue weighted by atomic mass is 9.98. The van der Waals surface area contributed by atoms with Crippen LogP contribution in [0.2, 0.25) is 5.02 Å². The molecule has 0 fully saturated rings. The fourth-order valence-corrected chi connectivity index (χ4v) is 4.35. The molecular weight excluding hydrogens is 538 g/mol. The van der Waals surface area contributed by atoms with Crippen LogP contribution < -0.4 is 10.1 Å². The quantitative estimate of drug-likeness (QED) is 0.197. The number of amides is 1. The van der Waals surface area contributed by atoms with E-state index in [0.29, 0.717) is 17.4 Å². The molecule has 0 bridgehead atoms. The summed E-state index contributed by atoms with van der Waals surface area (Å²) < 4.78 is 17.2. The lowest BCUT2D eigenvalue weighted by molar-refractivity contribution is -0.147. The van der Waals surface area contributed by atoms with Gasteiger partial charge >= 0.3 is 12.1 Å². The largest absolute Gasteiger partial charge is 0.488 e. The summed E-state index contributed by atoms with van der Waals surface area (Å²) in [5, 5.41) is 3.29. The van der Waals surface area contributed by atoms with Crippen molar-refractivity contribution in [3.63, 3.8) is 0 Å². The Morgan fingerprint density at radius 3 is 2.07 bits per heavy atom. The number of hydrogen-bond donors (Lipinski definition) is 1. The van der Waals surface area contributed by atoms with E-state index < -0.39 is 23.7 Å². The van der Waals surface area contributed by atoms with Crippen LogP contribution in [0.3, 0.4) is 0 Å².